The molecule has 2 unspecified atom stereocenters. The van der Waals surface area contributed by atoms with E-state index in [9.17, 15) is 14.7 Å². The maximum atomic E-state index is 12.7. The molecule has 0 aromatic carbocycles. The lowest BCUT2D eigenvalue weighted by Crippen LogP contribution is -2.23. The van der Waals surface area contributed by atoms with E-state index in [2.05, 4.69) is 0 Å². The van der Waals surface area contributed by atoms with Gasteiger partial charge in [0, 0.05) is 42.9 Å². The number of rotatable bonds is 2. The Morgan fingerprint density at radius 1 is 1.30 bits per heavy atom. The van der Waals surface area contributed by atoms with Gasteiger partial charge in [0.25, 0.3) is 0 Å². The van der Waals surface area contributed by atoms with Gasteiger partial charge >= 0.3 is 0 Å². The van der Waals surface area contributed by atoms with Gasteiger partial charge in [-0.05, 0) is 12.3 Å². The molecule has 5 heteroatoms. The molecule has 0 radical (unpaired) electrons. The van der Waals surface area contributed by atoms with Gasteiger partial charge in [-0.1, -0.05) is 0 Å². The first-order valence-electron chi connectivity index (χ1n) is 7.12. The number of carbonyl (C=O) groups is 2. The van der Waals surface area contributed by atoms with Crippen molar-refractivity contribution < 1.29 is 14.7 Å². The van der Waals surface area contributed by atoms with E-state index >= 15 is 0 Å². The Kier molecular flexibility index (Phi) is 1.75. The predicted octanol–water partition coefficient (Wildman–Crippen LogP) is 0.676. The maximum absolute atomic E-state index is 12.7. The van der Waals surface area contributed by atoms with E-state index in [0.29, 0.717) is 34.4 Å². The number of aliphatic hydroxyl groups is 1. The van der Waals surface area contributed by atoms with Crippen LogP contribution in [0.1, 0.15) is 44.4 Å². The quantitative estimate of drug-likeness (QED) is 0.803. The molecule has 1 saturated carbocycles. The Morgan fingerprint density at radius 2 is 2.10 bits per heavy atom. The van der Waals surface area contributed by atoms with E-state index in [1.807, 2.05) is 9.47 Å². The topological polar surface area (TPSA) is 62.3 Å². The van der Waals surface area contributed by atoms with Gasteiger partial charge in [-0.25, -0.2) is 0 Å². The van der Waals surface area contributed by atoms with Crippen LogP contribution in [0.25, 0.3) is 0 Å². The van der Waals surface area contributed by atoms with Crippen LogP contribution in [0.4, 0.5) is 0 Å². The second-order valence-electron chi connectivity index (χ2n) is 6.17. The standard InChI is InChI=1S/C15H14N2O3/c18-6-9-12-14(17-5-7-3-8(7)13(9)17)11(19)4-10(15(12)20)16-1-2-16/h4,7-8,18H,1-3,5-6H2. The van der Waals surface area contributed by atoms with Crippen molar-refractivity contribution in [3.8, 4) is 0 Å². The summed E-state index contributed by atoms with van der Waals surface area (Å²) in [5.74, 6) is 0.901. The molecule has 5 rings (SSSR count). The highest BCUT2D eigenvalue weighted by Crippen LogP contribution is 2.56. The molecule has 1 aromatic heterocycles. The van der Waals surface area contributed by atoms with Crippen LogP contribution in [-0.4, -0.2) is 39.2 Å². The predicted molar refractivity (Wildman–Crippen MR) is 69.5 cm³/mol. The van der Waals surface area contributed by atoms with Gasteiger partial charge in [-0.15, -0.1) is 0 Å². The third-order valence-electron chi connectivity index (χ3n) is 5.01. The van der Waals surface area contributed by atoms with Gasteiger partial charge in [0.1, 0.15) is 5.69 Å². The molecule has 5 nitrogen and oxygen atoms in total. The van der Waals surface area contributed by atoms with Crippen LogP contribution in [0, 0.1) is 5.92 Å². The van der Waals surface area contributed by atoms with Crippen LogP contribution >= 0.6 is 0 Å². The van der Waals surface area contributed by atoms with E-state index < -0.39 is 0 Å². The van der Waals surface area contributed by atoms with Crippen molar-refractivity contribution in [2.75, 3.05) is 13.1 Å². The molecule has 4 aliphatic rings. The van der Waals surface area contributed by atoms with Crippen LogP contribution in [-0.2, 0) is 13.2 Å². The highest BCUT2D eigenvalue weighted by molar-refractivity contribution is 6.24. The summed E-state index contributed by atoms with van der Waals surface area (Å²) in [5, 5.41) is 9.72. The Bertz CT molecular complexity index is 724. The van der Waals surface area contributed by atoms with Crippen molar-refractivity contribution in [3.05, 3.63) is 34.3 Å². The van der Waals surface area contributed by atoms with E-state index in [4.69, 9.17) is 0 Å². The Labute approximate surface area is 115 Å². The highest BCUT2D eigenvalue weighted by Gasteiger charge is 2.51. The summed E-state index contributed by atoms with van der Waals surface area (Å²) in [6.07, 6.45) is 2.61. The number of hydrogen-bond donors (Lipinski definition) is 1. The van der Waals surface area contributed by atoms with Gasteiger partial charge in [-0.3, -0.25) is 9.59 Å². The number of aliphatic hydroxyl groups excluding tert-OH is 1. The van der Waals surface area contributed by atoms with Crippen LogP contribution in [0.5, 0.6) is 0 Å². The fourth-order valence-electron chi connectivity index (χ4n) is 3.89. The average molecular weight is 270 g/mol. The van der Waals surface area contributed by atoms with E-state index in [1.54, 1.807) is 0 Å². The molecule has 0 bridgehead atoms. The number of ketones is 2. The fraction of sp³-hybridized carbons (Fsp3) is 0.467. The highest BCUT2D eigenvalue weighted by atomic mass is 16.3. The third-order valence-corrected chi connectivity index (χ3v) is 5.01. The van der Waals surface area contributed by atoms with Crippen molar-refractivity contribution >= 4 is 11.6 Å². The first kappa shape index (κ1) is 10.9. The lowest BCUT2D eigenvalue weighted by atomic mass is 9.94. The zero-order valence-electron chi connectivity index (χ0n) is 10.9. The number of nitrogens with zero attached hydrogens (tertiary/aromatic N) is 2. The summed E-state index contributed by atoms with van der Waals surface area (Å²) < 4.78 is 2.00. The van der Waals surface area contributed by atoms with Crippen LogP contribution < -0.4 is 0 Å². The molecular formula is C15H14N2O3. The van der Waals surface area contributed by atoms with Crippen LogP contribution in [0.15, 0.2) is 11.8 Å². The number of aromatic nitrogens is 1. The van der Waals surface area contributed by atoms with Gasteiger partial charge in [-0.2, -0.15) is 0 Å². The molecule has 1 saturated heterocycles. The number of Topliss-reactive ketones (excluding diaryl/α,β-unsaturated/α-hetero) is 1. The zero-order valence-corrected chi connectivity index (χ0v) is 10.9. The fourth-order valence-corrected chi connectivity index (χ4v) is 3.89. The second-order valence-corrected chi connectivity index (χ2v) is 6.17. The maximum Gasteiger partial charge on any atom is 0.211 e. The Balaban J connectivity index is 1.76. The molecule has 3 heterocycles. The number of hydrogen-bond acceptors (Lipinski definition) is 4. The number of allylic oxidation sites excluding steroid dienone is 2. The molecule has 2 aliphatic heterocycles. The Morgan fingerprint density at radius 3 is 2.80 bits per heavy atom. The van der Waals surface area contributed by atoms with E-state index in [1.165, 1.54) is 6.08 Å². The molecule has 20 heavy (non-hydrogen) atoms. The molecule has 2 aliphatic carbocycles. The minimum absolute atomic E-state index is 0.0799. The van der Waals surface area contributed by atoms with E-state index in [-0.39, 0.29) is 18.2 Å². The minimum atomic E-state index is -0.153. The van der Waals surface area contributed by atoms with Gasteiger partial charge in [0.2, 0.25) is 11.6 Å². The molecule has 2 fully saturated rings. The molecule has 0 amide bonds. The molecule has 1 N–H and O–H groups in total. The van der Waals surface area contributed by atoms with Crippen molar-refractivity contribution in [1.29, 1.82) is 0 Å². The third kappa shape index (κ3) is 1.13. The summed E-state index contributed by atoms with van der Waals surface area (Å²) in [4.78, 5) is 27.0. The first-order valence-corrected chi connectivity index (χ1v) is 7.12. The molecule has 0 spiro atoms. The minimum Gasteiger partial charge on any atom is -0.392 e. The van der Waals surface area contributed by atoms with Gasteiger partial charge in [0.05, 0.1) is 17.9 Å². The summed E-state index contributed by atoms with van der Waals surface area (Å²) in [6.45, 7) is 2.36. The summed E-state index contributed by atoms with van der Waals surface area (Å²) >= 11 is 0. The van der Waals surface area contributed by atoms with E-state index in [0.717, 1.165) is 31.7 Å². The summed E-state index contributed by atoms with van der Waals surface area (Å²) in [5.41, 5.74) is 3.25. The molecule has 2 atom stereocenters. The van der Waals surface area contributed by atoms with Crippen molar-refractivity contribution in [2.24, 2.45) is 5.92 Å². The second kappa shape index (κ2) is 3.23. The van der Waals surface area contributed by atoms with Crippen molar-refractivity contribution in [3.63, 3.8) is 0 Å². The van der Waals surface area contributed by atoms with Crippen LogP contribution in [0.3, 0.4) is 0 Å². The van der Waals surface area contributed by atoms with Gasteiger partial charge in [0.15, 0.2) is 0 Å². The number of fused-ring (bicyclic) bond motifs is 5. The van der Waals surface area contributed by atoms with Gasteiger partial charge < -0.3 is 14.6 Å². The Hall–Kier alpha value is -1.88. The van der Waals surface area contributed by atoms with Crippen molar-refractivity contribution in [1.82, 2.24) is 9.47 Å². The molecule has 1 aromatic rings. The first-order chi connectivity index (χ1) is 9.70. The molecular weight excluding hydrogens is 256 g/mol. The summed E-state index contributed by atoms with van der Waals surface area (Å²) in [6, 6.07) is 0. The zero-order chi connectivity index (χ0) is 13.6. The van der Waals surface area contributed by atoms with Crippen LogP contribution in [0.2, 0.25) is 0 Å². The lowest BCUT2D eigenvalue weighted by Gasteiger charge is -2.15. The SMILES string of the molecule is O=C1C(N2CC2)=CC(=O)c2c1c(CO)c1n2CC2CC12. The lowest BCUT2D eigenvalue weighted by molar-refractivity contribution is 0.0963. The number of carbonyl (C=O) groups excluding carboxylic acids is 2. The summed E-state index contributed by atoms with van der Waals surface area (Å²) in [7, 11) is 0. The largest absolute Gasteiger partial charge is 0.392 e. The molecule has 102 valence electrons. The van der Waals surface area contributed by atoms with Crippen molar-refractivity contribution in [2.45, 2.75) is 25.5 Å². The normalized spacial score (nSPS) is 29.1. The smallest absolute Gasteiger partial charge is 0.211 e. The average Bonchev–Trinajstić information content (AvgIpc) is 3.33. The monoisotopic (exact) mass is 270 g/mol.